The number of hydrogen-bond donors (Lipinski definition) is 2. The summed E-state index contributed by atoms with van der Waals surface area (Å²) in [6, 6.07) is 14.2. The molecule has 1 saturated carbocycles. The number of carbonyl (C=O) groups excluding carboxylic acids is 1. The first-order valence-corrected chi connectivity index (χ1v) is 12.2. The number of aryl methyl sites for hydroxylation is 1. The summed E-state index contributed by atoms with van der Waals surface area (Å²) in [5.74, 6) is 3.18. The number of fused-ring (bicyclic) bond motifs is 1. The molecule has 0 atom stereocenters. The van der Waals surface area contributed by atoms with E-state index < -0.39 is 0 Å². The van der Waals surface area contributed by atoms with Crippen molar-refractivity contribution in [1.82, 2.24) is 15.3 Å². The minimum absolute atomic E-state index is 0.0692. The summed E-state index contributed by atoms with van der Waals surface area (Å²) < 4.78 is 10.7. The number of ether oxygens (including phenoxy) is 2. The van der Waals surface area contributed by atoms with Crippen LogP contribution >= 0.6 is 0 Å². The first kappa shape index (κ1) is 24.6. The van der Waals surface area contributed by atoms with Gasteiger partial charge in [0.05, 0.1) is 19.7 Å². The molecular weight excluding hydrogens is 442 g/mol. The molecule has 0 aliphatic heterocycles. The highest BCUT2D eigenvalue weighted by Crippen LogP contribution is 2.27. The normalized spacial score (nSPS) is 17.6. The number of anilines is 2. The van der Waals surface area contributed by atoms with E-state index in [4.69, 9.17) is 19.4 Å². The number of rotatable bonds is 9. The Balaban J connectivity index is 1.28. The lowest BCUT2D eigenvalue weighted by Crippen LogP contribution is -2.40. The maximum atomic E-state index is 12.6. The number of nitrogens with one attached hydrogen (secondary N) is 2. The SMILES string of the molecule is COc1ccc(OC)c(CCC(=O)N[C@H]2CC[C@@H](Nc3nc(N(C)C)c4ccccc4n3)CC2)c1. The molecule has 3 aromatic rings. The lowest BCUT2D eigenvalue weighted by atomic mass is 9.91. The molecule has 4 rings (SSSR count). The van der Waals surface area contributed by atoms with Crippen LogP contribution in [-0.2, 0) is 11.2 Å². The largest absolute Gasteiger partial charge is 0.497 e. The summed E-state index contributed by atoms with van der Waals surface area (Å²) in [5, 5.41) is 7.78. The van der Waals surface area contributed by atoms with Gasteiger partial charge in [-0.2, -0.15) is 4.98 Å². The van der Waals surface area contributed by atoms with Crippen molar-refractivity contribution in [3.8, 4) is 11.5 Å². The van der Waals surface area contributed by atoms with E-state index in [0.717, 1.165) is 59.5 Å². The summed E-state index contributed by atoms with van der Waals surface area (Å²) in [6.45, 7) is 0. The summed E-state index contributed by atoms with van der Waals surface area (Å²) in [6.07, 6.45) is 4.81. The third-order valence-electron chi connectivity index (χ3n) is 6.54. The van der Waals surface area contributed by atoms with Gasteiger partial charge in [-0.3, -0.25) is 4.79 Å². The van der Waals surface area contributed by atoms with Gasteiger partial charge in [0.25, 0.3) is 0 Å². The van der Waals surface area contributed by atoms with Crippen molar-refractivity contribution in [1.29, 1.82) is 0 Å². The van der Waals surface area contributed by atoms with E-state index >= 15 is 0 Å². The molecule has 1 aromatic heterocycles. The Morgan fingerprint density at radius 1 is 1.00 bits per heavy atom. The number of hydrogen-bond acceptors (Lipinski definition) is 7. The van der Waals surface area contributed by atoms with Crippen molar-refractivity contribution in [2.45, 2.75) is 50.6 Å². The minimum Gasteiger partial charge on any atom is -0.497 e. The molecule has 186 valence electrons. The number of benzene rings is 2. The van der Waals surface area contributed by atoms with E-state index in [1.807, 2.05) is 61.5 Å². The third kappa shape index (κ3) is 6.12. The molecule has 1 heterocycles. The van der Waals surface area contributed by atoms with Gasteiger partial charge in [0.15, 0.2) is 0 Å². The van der Waals surface area contributed by atoms with Crippen LogP contribution in [0.15, 0.2) is 42.5 Å². The molecule has 35 heavy (non-hydrogen) atoms. The zero-order valence-electron chi connectivity index (χ0n) is 21.0. The van der Waals surface area contributed by atoms with Gasteiger partial charge < -0.3 is 25.0 Å². The Labute approximate surface area is 207 Å². The van der Waals surface area contributed by atoms with E-state index in [1.165, 1.54) is 0 Å². The first-order valence-electron chi connectivity index (χ1n) is 12.2. The fraction of sp³-hybridized carbons (Fsp3) is 0.444. The molecule has 0 spiro atoms. The number of aromatic nitrogens is 2. The smallest absolute Gasteiger partial charge is 0.225 e. The minimum atomic E-state index is 0.0692. The Kier molecular flexibility index (Phi) is 7.90. The van der Waals surface area contributed by atoms with Crippen molar-refractivity contribution < 1.29 is 14.3 Å². The lowest BCUT2D eigenvalue weighted by Gasteiger charge is -2.30. The predicted octanol–water partition coefficient (Wildman–Crippen LogP) is 4.19. The Hall–Kier alpha value is -3.55. The van der Waals surface area contributed by atoms with Crippen molar-refractivity contribution in [3.63, 3.8) is 0 Å². The second-order valence-electron chi connectivity index (χ2n) is 9.22. The summed E-state index contributed by atoms with van der Waals surface area (Å²) >= 11 is 0. The van der Waals surface area contributed by atoms with Crippen LogP contribution in [0, 0.1) is 0 Å². The monoisotopic (exact) mass is 477 g/mol. The summed E-state index contributed by atoms with van der Waals surface area (Å²) in [7, 11) is 7.27. The number of amides is 1. The maximum Gasteiger partial charge on any atom is 0.225 e. The van der Waals surface area contributed by atoms with E-state index in [9.17, 15) is 4.79 Å². The molecule has 1 aliphatic carbocycles. The van der Waals surface area contributed by atoms with Crippen LogP contribution in [0.5, 0.6) is 11.5 Å². The van der Waals surface area contributed by atoms with Crippen molar-refractivity contribution in [2.24, 2.45) is 0 Å². The molecular formula is C27H35N5O3. The van der Waals surface area contributed by atoms with Gasteiger partial charge in [-0.15, -0.1) is 0 Å². The second-order valence-corrected chi connectivity index (χ2v) is 9.22. The van der Waals surface area contributed by atoms with Crippen LogP contribution in [0.2, 0.25) is 0 Å². The zero-order chi connectivity index (χ0) is 24.8. The maximum absolute atomic E-state index is 12.6. The van der Waals surface area contributed by atoms with E-state index in [-0.39, 0.29) is 11.9 Å². The predicted molar refractivity (Wildman–Crippen MR) is 140 cm³/mol. The van der Waals surface area contributed by atoms with Crippen LogP contribution < -0.4 is 25.0 Å². The molecule has 0 unspecified atom stereocenters. The molecule has 0 bridgehead atoms. The molecule has 0 saturated heterocycles. The van der Waals surface area contributed by atoms with Gasteiger partial charge in [-0.25, -0.2) is 4.98 Å². The van der Waals surface area contributed by atoms with E-state index in [0.29, 0.717) is 24.8 Å². The van der Waals surface area contributed by atoms with Crippen molar-refractivity contribution >= 4 is 28.6 Å². The van der Waals surface area contributed by atoms with Gasteiger partial charge in [-0.05, 0) is 68.0 Å². The van der Waals surface area contributed by atoms with Crippen LogP contribution in [0.4, 0.5) is 11.8 Å². The molecule has 2 aromatic carbocycles. The van der Waals surface area contributed by atoms with Gasteiger partial charge in [0.2, 0.25) is 11.9 Å². The van der Waals surface area contributed by atoms with Gasteiger partial charge >= 0.3 is 0 Å². The van der Waals surface area contributed by atoms with Crippen molar-refractivity contribution in [2.75, 3.05) is 38.5 Å². The molecule has 1 fully saturated rings. The molecule has 2 N–H and O–H groups in total. The fourth-order valence-electron chi connectivity index (χ4n) is 4.66. The Morgan fingerprint density at radius 3 is 2.46 bits per heavy atom. The number of nitrogens with zero attached hydrogens (tertiary/aromatic N) is 3. The van der Waals surface area contributed by atoms with Gasteiger partial charge in [-0.1, -0.05) is 12.1 Å². The fourth-order valence-corrected chi connectivity index (χ4v) is 4.66. The van der Waals surface area contributed by atoms with Gasteiger partial charge in [0, 0.05) is 38.0 Å². The molecule has 1 aliphatic rings. The summed E-state index contributed by atoms with van der Waals surface area (Å²) in [4.78, 5) is 24.1. The summed E-state index contributed by atoms with van der Waals surface area (Å²) in [5.41, 5.74) is 1.91. The van der Waals surface area contributed by atoms with Crippen LogP contribution in [0.25, 0.3) is 10.9 Å². The molecule has 0 radical (unpaired) electrons. The molecule has 8 nitrogen and oxygen atoms in total. The number of carbonyl (C=O) groups is 1. The standard InChI is InChI=1S/C27H35N5O3/c1-32(2)26-22-7-5-6-8-23(22)30-27(31-26)29-20-12-10-19(11-13-20)28-25(33)16-9-18-17-21(34-3)14-15-24(18)35-4/h5-8,14-15,17,19-20H,9-13,16H2,1-4H3,(H,28,33)(H,29,30,31)/t19-,20+. The third-order valence-corrected chi connectivity index (χ3v) is 6.54. The molecule has 1 amide bonds. The van der Waals surface area contributed by atoms with E-state index in [2.05, 4.69) is 10.6 Å². The van der Waals surface area contributed by atoms with Crippen LogP contribution in [-0.4, -0.2) is 56.3 Å². The second kappa shape index (κ2) is 11.3. The number of para-hydroxylation sites is 1. The Morgan fingerprint density at radius 2 is 1.74 bits per heavy atom. The quantitative estimate of drug-likeness (QED) is 0.478. The number of methoxy groups -OCH3 is 2. The van der Waals surface area contributed by atoms with Gasteiger partial charge in [0.1, 0.15) is 17.3 Å². The van der Waals surface area contributed by atoms with Crippen LogP contribution in [0.3, 0.4) is 0 Å². The highest BCUT2D eigenvalue weighted by Gasteiger charge is 2.23. The van der Waals surface area contributed by atoms with Crippen molar-refractivity contribution in [3.05, 3.63) is 48.0 Å². The molecule has 8 heteroatoms. The highest BCUT2D eigenvalue weighted by molar-refractivity contribution is 5.90. The van der Waals surface area contributed by atoms with E-state index in [1.54, 1.807) is 14.2 Å². The average Bonchev–Trinajstić information content (AvgIpc) is 2.87. The highest BCUT2D eigenvalue weighted by atomic mass is 16.5. The Bertz CT molecular complexity index is 1160. The van der Waals surface area contributed by atoms with Crippen LogP contribution in [0.1, 0.15) is 37.7 Å². The zero-order valence-corrected chi connectivity index (χ0v) is 21.0. The first-order chi connectivity index (χ1) is 17.0. The lowest BCUT2D eigenvalue weighted by molar-refractivity contribution is -0.122. The topological polar surface area (TPSA) is 88.6 Å². The average molecular weight is 478 g/mol.